The molecule has 0 spiro atoms. The molecule has 3 heteroatoms. The van der Waals surface area contributed by atoms with Gasteiger partial charge in [0.1, 0.15) is 12.2 Å². The van der Waals surface area contributed by atoms with Crippen LogP contribution < -0.4 is 0 Å². The zero-order chi connectivity index (χ0) is 10.1. The van der Waals surface area contributed by atoms with Crippen molar-refractivity contribution in [3.63, 3.8) is 0 Å². The number of aromatic nitrogens is 3. The predicted molar refractivity (Wildman–Crippen MR) is 57.5 cm³/mol. The van der Waals surface area contributed by atoms with Crippen molar-refractivity contribution in [2.45, 2.75) is 25.3 Å². The summed E-state index contributed by atoms with van der Waals surface area (Å²) in [6, 6.07) is 11.1. The van der Waals surface area contributed by atoms with Gasteiger partial charge in [0.05, 0.1) is 0 Å². The Bertz CT molecular complexity index is 443. The molecule has 15 heavy (non-hydrogen) atoms. The summed E-state index contributed by atoms with van der Waals surface area (Å²) in [6.07, 6.45) is 5.30. The summed E-state index contributed by atoms with van der Waals surface area (Å²) in [5, 5.41) is 8.18. The van der Waals surface area contributed by atoms with Crippen molar-refractivity contribution in [1.82, 2.24) is 14.8 Å². The third kappa shape index (κ3) is 1.77. The minimum Gasteiger partial charge on any atom is -0.314 e. The average molecular weight is 199 g/mol. The van der Waals surface area contributed by atoms with Crippen molar-refractivity contribution in [2.75, 3.05) is 0 Å². The molecule has 0 N–H and O–H groups in total. The van der Waals surface area contributed by atoms with Crippen molar-refractivity contribution in [1.29, 1.82) is 0 Å². The second-order valence-corrected chi connectivity index (χ2v) is 4.05. The Labute approximate surface area is 88.8 Å². The van der Waals surface area contributed by atoms with Crippen molar-refractivity contribution in [2.24, 2.45) is 0 Å². The van der Waals surface area contributed by atoms with Crippen LogP contribution in [0.2, 0.25) is 0 Å². The van der Waals surface area contributed by atoms with Crippen LogP contribution in [0.15, 0.2) is 36.7 Å². The summed E-state index contributed by atoms with van der Waals surface area (Å²) in [5.41, 5.74) is 1.30. The van der Waals surface area contributed by atoms with E-state index in [0.717, 1.165) is 12.2 Å². The van der Waals surface area contributed by atoms with Gasteiger partial charge >= 0.3 is 0 Å². The van der Waals surface area contributed by atoms with E-state index >= 15 is 0 Å². The molecule has 3 nitrogen and oxygen atoms in total. The molecule has 1 aromatic carbocycles. The zero-order valence-electron chi connectivity index (χ0n) is 8.50. The first-order valence-corrected chi connectivity index (χ1v) is 5.36. The molecule has 76 valence electrons. The normalized spacial score (nSPS) is 15.5. The molecule has 0 bridgehead atoms. The highest BCUT2D eigenvalue weighted by atomic mass is 15.3. The summed E-state index contributed by atoms with van der Waals surface area (Å²) in [6.45, 7) is 0. The molecule has 0 atom stereocenters. The van der Waals surface area contributed by atoms with Gasteiger partial charge in [-0.05, 0) is 18.4 Å². The fourth-order valence-corrected chi connectivity index (χ4v) is 1.83. The molecular formula is C12H13N3. The first-order chi connectivity index (χ1) is 7.43. The van der Waals surface area contributed by atoms with E-state index in [9.17, 15) is 0 Å². The van der Waals surface area contributed by atoms with Gasteiger partial charge < -0.3 is 4.57 Å². The molecule has 3 rings (SSSR count). The van der Waals surface area contributed by atoms with Crippen LogP contribution in [0.1, 0.15) is 30.3 Å². The molecule has 1 aliphatic rings. The molecule has 2 aromatic rings. The predicted octanol–water partition coefficient (Wildman–Crippen LogP) is 2.20. The highest BCUT2D eigenvalue weighted by molar-refractivity contribution is 5.19. The van der Waals surface area contributed by atoms with Crippen LogP contribution in [-0.4, -0.2) is 14.8 Å². The second-order valence-electron chi connectivity index (χ2n) is 4.05. The molecule has 1 saturated carbocycles. The van der Waals surface area contributed by atoms with Crippen molar-refractivity contribution in [3.8, 4) is 0 Å². The van der Waals surface area contributed by atoms with E-state index < -0.39 is 0 Å². The van der Waals surface area contributed by atoms with Gasteiger partial charge in [0.25, 0.3) is 0 Å². The van der Waals surface area contributed by atoms with E-state index in [1.54, 1.807) is 0 Å². The van der Waals surface area contributed by atoms with E-state index in [0.29, 0.717) is 6.04 Å². The fraction of sp³-hybridized carbons (Fsp3) is 0.333. The van der Waals surface area contributed by atoms with E-state index in [1.165, 1.54) is 18.4 Å². The Kier molecular flexibility index (Phi) is 2.02. The van der Waals surface area contributed by atoms with Crippen LogP contribution in [-0.2, 0) is 6.42 Å². The number of rotatable bonds is 3. The van der Waals surface area contributed by atoms with Crippen LogP contribution in [0.25, 0.3) is 0 Å². The van der Waals surface area contributed by atoms with Gasteiger partial charge in [0.15, 0.2) is 0 Å². The molecule has 0 radical (unpaired) electrons. The smallest absolute Gasteiger partial charge is 0.137 e. The Hall–Kier alpha value is -1.64. The maximum absolute atomic E-state index is 4.19. The van der Waals surface area contributed by atoms with Crippen LogP contribution in [0, 0.1) is 0 Å². The lowest BCUT2D eigenvalue weighted by atomic mass is 10.1. The SMILES string of the molecule is c1ccc(Cc2nncn2C2CC2)cc1. The fourth-order valence-electron chi connectivity index (χ4n) is 1.83. The summed E-state index contributed by atoms with van der Waals surface area (Å²) >= 11 is 0. The van der Waals surface area contributed by atoms with Crippen molar-refractivity contribution >= 4 is 0 Å². The molecule has 0 unspecified atom stereocenters. The van der Waals surface area contributed by atoms with Gasteiger partial charge in [-0.25, -0.2) is 0 Å². The Morgan fingerprint density at radius 3 is 2.73 bits per heavy atom. The lowest BCUT2D eigenvalue weighted by molar-refractivity contribution is 0.694. The highest BCUT2D eigenvalue weighted by Gasteiger charge is 2.25. The van der Waals surface area contributed by atoms with Gasteiger partial charge in [-0.1, -0.05) is 30.3 Å². The summed E-state index contributed by atoms with van der Waals surface area (Å²) in [7, 11) is 0. The maximum Gasteiger partial charge on any atom is 0.137 e. The van der Waals surface area contributed by atoms with Gasteiger partial charge in [0.2, 0.25) is 0 Å². The van der Waals surface area contributed by atoms with Gasteiger partial charge in [-0.3, -0.25) is 0 Å². The van der Waals surface area contributed by atoms with Gasteiger partial charge in [-0.2, -0.15) is 0 Å². The monoisotopic (exact) mass is 199 g/mol. The molecular weight excluding hydrogens is 186 g/mol. The molecule has 0 saturated heterocycles. The zero-order valence-corrected chi connectivity index (χ0v) is 8.50. The first kappa shape index (κ1) is 8.65. The van der Waals surface area contributed by atoms with Crippen LogP contribution in [0.3, 0.4) is 0 Å². The highest BCUT2D eigenvalue weighted by Crippen LogP contribution is 2.35. The first-order valence-electron chi connectivity index (χ1n) is 5.36. The number of nitrogens with zero attached hydrogens (tertiary/aromatic N) is 3. The second kappa shape index (κ2) is 3.50. The molecule has 1 heterocycles. The topological polar surface area (TPSA) is 30.7 Å². The van der Waals surface area contributed by atoms with E-state index in [4.69, 9.17) is 0 Å². The Balaban J connectivity index is 1.84. The van der Waals surface area contributed by atoms with Crippen LogP contribution in [0.4, 0.5) is 0 Å². The third-order valence-corrected chi connectivity index (χ3v) is 2.79. The van der Waals surface area contributed by atoms with Gasteiger partial charge in [-0.15, -0.1) is 10.2 Å². The lowest BCUT2D eigenvalue weighted by Crippen LogP contribution is -2.01. The minimum atomic E-state index is 0.665. The van der Waals surface area contributed by atoms with E-state index in [1.807, 2.05) is 12.4 Å². The third-order valence-electron chi connectivity index (χ3n) is 2.79. The van der Waals surface area contributed by atoms with Crippen LogP contribution >= 0.6 is 0 Å². The summed E-state index contributed by atoms with van der Waals surface area (Å²) in [4.78, 5) is 0. The minimum absolute atomic E-state index is 0.665. The Morgan fingerprint density at radius 1 is 1.20 bits per heavy atom. The molecule has 1 aliphatic carbocycles. The number of hydrogen-bond donors (Lipinski definition) is 0. The Morgan fingerprint density at radius 2 is 2.00 bits per heavy atom. The molecule has 0 amide bonds. The summed E-state index contributed by atoms with van der Waals surface area (Å²) < 4.78 is 2.22. The summed E-state index contributed by atoms with van der Waals surface area (Å²) in [5.74, 6) is 1.09. The van der Waals surface area contributed by atoms with Crippen molar-refractivity contribution in [3.05, 3.63) is 48.0 Å². The quantitative estimate of drug-likeness (QED) is 0.758. The van der Waals surface area contributed by atoms with E-state index in [-0.39, 0.29) is 0 Å². The van der Waals surface area contributed by atoms with Gasteiger partial charge in [0, 0.05) is 12.5 Å². The molecule has 1 fully saturated rings. The number of benzene rings is 1. The standard InChI is InChI=1S/C12H13N3/c1-2-4-10(5-3-1)8-12-14-13-9-15(12)11-6-7-11/h1-5,9,11H,6-8H2. The maximum atomic E-state index is 4.19. The molecule has 0 aliphatic heterocycles. The van der Waals surface area contributed by atoms with Crippen molar-refractivity contribution < 1.29 is 0 Å². The lowest BCUT2D eigenvalue weighted by Gasteiger charge is -2.03. The largest absolute Gasteiger partial charge is 0.314 e. The van der Waals surface area contributed by atoms with Crippen LogP contribution in [0.5, 0.6) is 0 Å². The molecule has 1 aromatic heterocycles. The average Bonchev–Trinajstić information content (AvgIpc) is 3.02. The van der Waals surface area contributed by atoms with E-state index in [2.05, 4.69) is 39.0 Å². The number of hydrogen-bond acceptors (Lipinski definition) is 2.